The Labute approximate surface area is 140 Å². The lowest BCUT2D eigenvalue weighted by Gasteiger charge is -2.24. The fourth-order valence-electron chi connectivity index (χ4n) is 3.44. The average Bonchev–Trinajstić information content (AvgIpc) is 3.03. The summed E-state index contributed by atoms with van der Waals surface area (Å²) in [5, 5.41) is 14.1. The molecule has 1 saturated heterocycles. The fourth-order valence-corrected chi connectivity index (χ4v) is 3.44. The molecule has 0 unspecified atom stereocenters. The molecule has 1 aromatic rings. The van der Waals surface area contributed by atoms with Crippen molar-refractivity contribution in [3.05, 3.63) is 29.3 Å². The van der Waals surface area contributed by atoms with Gasteiger partial charge < -0.3 is 26.2 Å². The zero-order valence-corrected chi connectivity index (χ0v) is 14.2. The van der Waals surface area contributed by atoms with Crippen molar-refractivity contribution in [3.8, 4) is 0 Å². The van der Waals surface area contributed by atoms with E-state index in [9.17, 15) is 0 Å². The first-order valence-electron chi connectivity index (χ1n) is 9.12. The number of hydrogen-bond acceptors (Lipinski definition) is 5. The lowest BCUT2D eigenvalue weighted by atomic mass is 10.0. The van der Waals surface area contributed by atoms with E-state index in [4.69, 9.17) is 0 Å². The minimum Gasteiger partial charge on any atom is -0.384 e. The second-order valence-electron chi connectivity index (χ2n) is 6.47. The van der Waals surface area contributed by atoms with Crippen LogP contribution in [0, 0.1) is 0 Å². The first-order valence-corrected chi connectivity index (χ1v) is 9.12. The maximum absolute atomic E-state index is 3.56. The van der Waals surface area contributed by atoms with Crippen molar-refractivity contribution >= 4 is 5.69 Å². The van der Waals surface area contributed by atoms with Gasteiger partial charge in [0, 0.05) is 71.1 Å². The van der Waals surface area contributed by atoms with E-state index < -0.39 is 0 Å². The van der Waals surface area contributed by atoms with E-state index in [1.807, 2.05) is 0 Å². The topological polar surface area (TPSA) is 51.4 Å². The highest BCUT2D eigenvalue weighted by Gasteiger charge is 2.14. The van der Waals surface area contributed by atoms with Crippen LogP contribution in [0.4, 0.5) is 5.69 Å². The van der Waals surface area contributed by atoms with Gasteiger partial charge in [0.25, 0.3) is 0 Å². The molecule has 0 aromatic heterocycles. The van der Waals surface area contributed by atoms with Crippen LogP contribution in [0.5, 0.6) is 0 Å². The number of benzene rings is 1. The van der Waals surface area contributed by atoms with Gasteiger partial charge in [0.2, 0.25) is 0 Å². The maximum atomic E-state index is 3.56. The van der Waals surface area contributed by atoms with Crippen molar-refractivity contribution in [2.75, 3.05) is 70.8 Å². The summed E-state index contributed by atoms with van der Waals surface area (Å²) in [6.07, 6.45) is 2.31. The lowest BCUT2D eigenvalue weighted by Crippen LogP contribution is -2.42. The molecular weight excluding hydrogens is 286 g/mol. The van der Waals surface area contributed by atoms with Crippen LogP contribution in [0.2, 0.25) is 0 Å². The molecule has 0 aliphatic carbocycles. The quantitative estimate of drug-likeness (QED) is 0.645. The fraction of sp³-hybridized carbons (Fsp3) is 0.667. The van der Waals surface area contributed by atoms with Gasteiger partial charge >= 0.3 is 0 Å². The van der Waals surface area contributed by atoms with Crippen LogP contribution in [0.25, 0.3) is 0 Å². The van der Waals surface area contributed by atoms with Crippen LogP contribution in [0.15, 0.2) is 18.2 Å². The minimum absolute atomic E-state index is 1.06. The summed E-state index contributed by atoms with van der Waals surface area (Å²) in [4.78, 5) is 2.59. The average molecular weight is 317 g/mol. The van der Waals surface area contributed by atoms with Crippen molar-refractivity contribution in [1.82, 2.24) is 20.9 Å². The number of hydrogen-bond donors (Lipinski definition) is 4. The van der Waals surface area contributed by atoms with Crippen molar-refractivity contribution in [2.24, 2.45) is 0 Å². The Balaban J connectivity index is 1.51. The van der Waals surface area contributed by atoms with Gasteiger partial charge in [0.15, 0.2) is 0 Å². The van der Waals surface area contributed by atoms with E-state index >= 15 is 0 Å². The standard InChI is InChI=1S/C18H31N5/c1-2-16-4-6-22-18(16)17(3-1)5-13-23-14-11-20-9-7-19-8-10-21-12-15-23/h1-3,19-22H,4-15H2. The molecule has 2 heterocycles. The van der Waals surface area contributed by atoms with Gasteiger partial charge in [0.1, 0.15) is 0 Å². The largest absolute Gasteiger partial charge is 0.384 e. The third kappa shape index (κ3) is 5.18. The molecule has 2 aliphatic heterocycles. The van der Waals surface area contributed by atoms with Crippen LogP contribution >= 0.6 is 0 Å². The lowest BCUT2D eigenvalue weighted by molar-refractivity contribution is 0.274. The molecule has 0 atom stereocenters. The zero-order chi connectivity index (χ0) is 15.7. The van der Waals surface area contributed by atoms with Crippen molar-refractivity contribution in [3.63, 3.8) is 0 Å². The predicted octanol–water partition coefficient (Wildman–Crippen LogP) is 0.282. The molecule has 128 valence electrons. The van der Waals surface area contributed by atoms with Crippen molar-refractivity contribution in [2.45, 2.75) is 12.8 Å². The summed E-state index contributed by atoms with van der Waals surface area (Å²) >= 11 is 0. The SMILES string of the molecule is c1cc2c(c(CCN3CCNCCNCCNCC3)c1)NCC2. The molecule has 3 rings (SSSR count). The second kappa shape index (κ2) is 9.23. The third-order valence-corrected chi connectivity index (χ3v) is 4.80. The number of nitrogens with one attached hydrogen (secondary N) is 4. The Kier molecular flexibility index (Phi) is 6.70. The van der Waals surface area contributed by atoms with Crippen LogP contribution in [0.3, 0.4) is 0 Å². The molecular formula is C18H31N5. The minimum atomic E-state index is 1.06. The molecule has 2 aliphatic rings. The number of rotatable bonds is 3. The number of anilines is 1. The Hall–Kier alpha value is -1.14. The van der Waals surface area contributed by atoms with Gasteiger partial charge in [-0.1, -0.05) is 18.2 Å². The van der Waals surface area contributed by atoms with Crippen LogP contribution < -0.4 is 21.3 Å². The number of para-hydroxylation sites is 1. The molecule has 23 heavy (non-hydrogen) atoms. The van der Waals surface area contributed by atoms with E-state index in [1.165, 1.54) is 23.2 Å². The molecule has 0 radical (unpaired) electrons. The van der Waals surface area contributed by atoms with Crippen molar-refractivity contribution in [1.29, 1.82) is 0 Å². The van der Waals surface area contributed by atoms with Gasteiger partial charge in [0.05, 0.1) is 0 Å². The highest BCUT2D eigenvalue weighted by Crippen LogP contribution is 2.26. The Morgan fingerprint density at radius 1 is 0.826 bits per heavy atom. The molecule has 4 N–H and O–H groups in total. The van der Waals surface area contributed by atoms with E-state index in [0.29, 0.717) is 0 Å². The summed E-state index contributed by atoms with van der Waals surface area (Å²) in [5.74, 6) is 0. The van der Waals surface area contributed by atoms with Gasteiger partial charge in [-0.05, 0) is 24.0 Å². The summed E-state index contributed by atoms with van der Waals surface area (Å²) < 4.78 is 0. The molecule has 0 saturated carbocycles. The monoisotopic (exact) mass is 317 g/mol. The van der Waals surface area contributed by atoms with Gasteiger partial charge in [-0.25, -0.2) is 0 Å². The van der Waals surface area contributed by atoms with Gasteiger partial charge in [-0.3, -0.25) is 0 Å². The summed E-state index contributed by atoms with van der Waals surface area (Å²) in [7, 11) is 0. The zero-order valence-electron chi connectivity index (χ0n) is 14.2. The summed E-state index contributed by atoms with van der Waals surface area (Å²) in [6, 6.07) is 6.76. The van der Waals surface area contributed by atoms with Crippen LogP contribution in [-0.4, -0.2) is 70.3 Å². The first kappa shape index (κ1) is 16.7. The van der Waals surface area contributed by atoms with E-state index in [1.54, 1.807) is 0 Å². The van der Waals surface area contributed by atoms with E-state index in [2.05, 4.69) is 44.4 Å². The van der Waals surface area contributed by atoms with Gasteiger partial charge in [-0.15, -0.1) is 0 Å². The highest BCUT2D eigenvalue weighted by molar-refractivity contribution is 5.61. The normalized spacial score (nSPS) is 21.0. The highest BCUT2D eigenvalue weighted by atomic mass is 15.2. The second-order valence-corrected chi connectivity index (χ2v) is 6.47. The van der Waals surface area contributed by atoms with Gasteiger partial charge in [-0.2, -0.15) is 0 Å². The first-order chi connectivity index (χ1) is 11.4. The molecule has 0 spiro atoms. The third-order valence-electron chi connectivity index (χ3n) is 4.80. The number of fused-ring (bicyclic) bond motifs is 1. The van der Waals surface area contributed by atoms with E-state index in [-0.39, 0.29) is 0 Å². The Bertz CT molecular complexity index is 464. The summed E-state index contributed by atoms with van der Waals surface area (Å²) in [6.45, 7) is 10.9. The summed E-state index contributed by atoms with van der Waals surface area (Å²) in [5.41, 5.74) is 4.38. The molecule has 1 fully saturated rings. The van der Waals surface area contributed by atoms with Crippen LogP contribution in [0.1, 0.15) is 11.1 Å². The molecule has 0 bridgehead atoms. The number of nitrogens with zero attached hydrogens (tertiary/aromatic N) is 1. The van der Waals surface area contributed by atoms with Crippen molar-refractivity contribution < 1.29 is 0 Å². The van der Waals surface area contributed by atoms with Crippen LogP contribution in [-0.2, 0) is 12.8 Å². The Morgan fingerprint density at radius 2 is 1.52 bits per heavy atom. The van der Waals surface area contributed by atoms with E-state index in [0.717, 1.165) is 71.9 Å². The molecule has 0 amide bonds. The molecule has 5 heteroatoms. The molecule has 5 nitrogen and oxygen atoms in total. The maximum Gasteiger partial charge on any atom is 0.0406 e. The Morgan fingerprint density at radius 3 is 2.26 bits per heavy atom. The predicted molar refractivity (Wildman–Crippen MR) is 97.4 cm³/mol. The molecule has 1 aromatic carbocycles. The smallest absolute Gasteiger partial charge is 0.0406 e.